The van der Waals surface area contributed by atoms with Crippen molar-refractivity contribution in [3.63, 3.8) is 0 Å². The Morgan fingerprint density at radius 3 is 3.06 bits per heavy atom. The number of nitrogens with zero attached hydrogens (tertiary/aromatic N) is 3. The number of hydrogen-bond donors (Lipinski definition) is 3. The van der Waals surface area contributed by atoms with Crippen molar-refractivity contribution >= 4 is 11.2 Å². The first-order valence-corrected chi connectivity index (χ1v) is 5.40. The van der Waals surface area contributed by atoms with Gasteiger partial charge in [-0.3, -0.25) is 9.36 Å². The molecule has 1 unspecified atom stereocenters. The molecule has 3 N–H and O–H groups in total. The molecule has 3 atom stereocenters. The number of ether oxygens (including phenoxy) is 1. The van der Waals surface area contributed by atoms with Crippen LogP contribution in [0.1, 0.15) is 6.23 Å². The number of rotatable bonds is 2. The molecule has 18 heavy (non-hydrogen) atoms. The number of hydrogen-bond acceptors (Lipinski definition) is 6. The second kappa shape index (κ2) is 4.16. The molecule has 8 nitrogen and oxygen atoms in total. The summed E-state index contributed by atoms with van der Waals surface area (Å²) in [5.74, 6) is 0. The minimum atomic E-state index is -0.862. The molecule has 1 aliphatic rings. The molecule has 2 aromatic heterocycles. The van der Waals surface area contributed by atoms with Crippen LogP contribution in [0.5, 0.6) is 0 Å². The predicted molar refractivity (Wildman–Crippen MR) is 59.5 cm³/mol. The maximum atomic E-state index is 11.5. The molecule has 3 rings (SSSR count). The van der Waals surface area contributed by atoms with E-state index in [1.165, 1.54) is 23.6 Å². The lowest BCUT2D eigenvalue weighted by molar-refractivity contribution is -0.0423. The van der Waals surface area contributed by atoms with Gasteiger partial charge in [0.1, 0.15) is 12.3 Å². The van der Waals surface area contributed by atoms with E-state index in [-0.39, 0.29) is 17.7 Å². The average molecular weight is 251 g/mol. The summed E-state index contributed by atoms with van der Waals surface area (Å²) in [5.41, 5.74) is 0.234. The Morgan fingerprint density at radius 1 is 1.50 bits per heavy atom. The third-order valence-electron chi connectivity index (χ3n) is 2.88. The molecule has 1 radical (unpaired) electrons. The number of aromatic amines is 1. The number of H-pyrrole nitrogens is 1. The Kier molecular flexibility index (Phi) is 2.62. The standard InChI is InChI=1S/C10H11N4O4/c15-2-6-5(16)1-7(18-6)14-4-13-8-9(14)11-3-12-10(8)17/h1,3-7,15-16H,2H2,(H,11,12,17)/t5?,6-,7-/m1/s1. The SMILES string of the molecule is O=c1[nH]cnc2c1ncn2[C@H]1[CH]C(O)[C@@H](CO)O1. The Balaban J connectivity index is 2.01. The summed E-state index contributed by atoms with van der Waals surface area (Å²) in [4.78, 5) is 21.9. The number of aromatic nitrogens is 4. The van der Waals surface area contributed by atoms with Crippen molar-refractivity contribution in [1.29, 1.82) is 0 Å². The monoisotopic (exact) mass is 251 g/mol. The van der Waals surface area contributed by atoms with Crippen molar-refractivity contribution in [2.45, 2.75) is 18.4 Å². The first-order valence-electron chi connectivity index (χ1n) is 5.40. The number of imidazole rings is 1. The fourth-order valence-electron chi connectivity index (χ4n) is 1.96. The zero-order valence-corrected chi connectivity index (χ0v) is 9.22. The highest BCUT2D eigenvalue weighted by Crippen LogP contribution is 2.28. The van der Waals surface area contributed by atoms with Crippen LogP contribution in [-0.2, 0) is 4.74 Å². The van der Waals surface area contributed by atoms with E-state index in [1.54, 1.807) is 0 Å². The van der Waals surface area contributed by atoms with Crippen LogP contribution >= 0.6 is 0 Å². The lowest BCUT2D eigenvalue weighted by atomic mass is 10.2. The van der Waals surface area contributed by atoms with Gasteiger partial charge in [0.15, 0.2) is 11.2 Å². The van der Waals surface area contributed by atoms with Gasteiger partial charge in [0.2, 0.25) is 0 Å². The van der Waals surface area contributed by atoms with Crippen LogP contribution in [-0.4, -0.2) is 48.5 Å². The average Bonchev–Trinajstić information content (AvgIpc) is 2.93. The van der Waals surface area contributed by atoms with Gasteiger partial charge in [-0.25, -0.2) is 9.97 Å². The molecule has 0 aromatic carbocycles. The first kappa shape index (κ1) is 11.3. The molecule has 0 bridgehead atoms. The van der Waals surface area contributed by atoms with Crippen molar-refractivity contribution in [3.8, 4) is 0 Å². The fraction of sp³-hybridized carbons (Fsp3) is 0.400. The lowest BCUT2D eigenvalue weighted by Gasteiger charge is -2.13. The van der Waals surface area contributed by atoms with E-state index in [1.807, 2.05) is 0 Å². The number of fused-ring (bicyclic) bond motifs is 1. The highest BCUT2D eigenvalue weighted by molar-refractivity contribution is 5.68. The van der Waals surface area contributed by atoms with E-state index < -0.39 is 18.4 Å². The summed E-state index contributed by atoms with van der Waals surface area (Å²) in [6.07, 6.45) is 2.08. The summed E-state index contributed by atoms with van der Waals surface area (Å²) < 4.78 is 6.96. The van der Waals surface area contributed by atoms with Gasteiger partial charge in [0.25, 0.3) is 5.56 Å². The maximum absolute atomic E-state index is 11.5. The van der Waals surface area contributed by atoms with Gasteiger partial charge < -0.3 is 19.9 Å². The molecule has 3 heterocycles. The van der Waals surface area contributed by atoms with Crippen LogP contribution < -0.4 is 5.56 Å². The van der Waals surface area contributed by atoms with Crippen LogP contribution in [0, 0.1) is 6.42 Å². The summed E-state index contributed by atoms with van der Waals surface area (Å²) >= 11 is 0. The van der Waals surface area contributed by atoms with E-state index >= 15 is 0 Å². The Bertz CT molecular complexity index is 622. The fourth-order valence-corrected chi connectivity index (χ4v) is 1.96. The highest BCUT2D eigenvalue weighted by atomic mass is 16.5. The van der Waals surface area contributed by atoms with Gasteiger partial charge in [-0.1, -0.05) is 0 Å². The summed E-state index contributed by atoms with van der Waals surface area (Å²) in [6.45, 7) is -0.283. The maximum Gasteiger partial charge on any atom is 0.278 e. The molecule has 0 aliphatic carbocycles. The molecule has 0 amide bonds. The Morgan fingerprint density at radius 2 is 2.33 bits per heavy atom. The second-order valence-corrected chi connectivity index (χ2v) is 3.99. The largest absolute Gasteiger partial charge is 0.394 e. The van der Waals surface area contributed by atoms with Crippen molar-refractivity contribution in [2.75, 3.05) is 6.61 Å². The predicted octanol–water partition coefficient (Wildman–Crippen LogP) is -1.43. The van der Waals surface area contributed by atoms with Crippen molar-refractivity contribution in [1.82, 2.24) is 19.5 Å². The minimum Gasteiger partial charge on any atom is -0.394 e. The third kappa shape index (κ3) is 1.62. The van der Waals surface area contributed by atoms with Crippen LogP contribution in [0.2, 0.25) is 0 Å². The topological polar surface area (TPSA) is 113 Å². The van der Waals surface area contributed by atoms with Crippen LogP contribution in [0.25, 0.3) is 11.2 Å². The van der Waals surface area contributed by atoms with E-state index in [2.05, 4.69) is 15.0 Å². The Hall–Kier alpha value is -1.77. The summed E-state index contributed by atoms with van der Waals surface area (Å²) in [6, 6.07) is 0. The Labute approximate surface area is 101 Å². The van der Waals surface area contributed by atoms with Gasteiger partial charge >= 0.3 is 0 Å². The van der Waals surface area contributed by atoms with Crippen LogP contribution in [0.3, 0.4) is 0 Å². The number of aliphatic hydroxyl groups is 2. The van der Waals surface area contributed by atoms with Crippen molar-refractivity contribution < 1.29 is 14.9 Å². The molecule has 2 aromatic rings. The quantitative estimate of drug-likeness (QED) is 0.603. The van der Waals surface area contributed by atoms with Crippen molar-refractivity contribution in [2.24, 2.45) is 0 Å². The number of aliphatic hydroxyl groups excluding tert-OH is 2. The van der Waals surface area contributed by atoms with E-state index in [0.717, 1.165) is 0 Å². The van der Waals surface area contributed by atoms with Gasteiger partial charge in [0, 0.05) is 6.42 Å². The van der Waals surface area contributed by atoms with E-state index in [0.29, 0.717) is 5.65 Å². The minimum absolute atomic E-state index is 0.205. The van der Waals surface area contributed by atoms with Gasteiger partial charge in [0.05, 0.1) is 25.4 Å². The molecule has 1 aliphatic heterocycles. The molecule has 1 saturated heterocycles. The molecule has 0 saturated carbocycles. The third-order valence-corrected chi connectivity index (χ3v) is 2.88. The van der Waals surface area contributed by atoms with E-state index in [9.17, 15) is 9.90 Å². The molecule has 95 valence electrons. The molecule has 1 fully saturated rings. The second-order valence-electron chi connectivity index (χ2n) is 3.99. The first-order chi connectivity index (χ1) is 8.70. The lowest BCUT2D eigenvalue weighted by Crippen LogP contribution is -2.24. The van der Waals surface area contributed by atoms with Gasteiger partial charge in [-0.05, 0) is 0 Å². The van der Waals surface area contributed by atoms with Crippen molar-refractivity contribution in [3.05, 3.63) is 29.4 Å². The normalized spacial score (nSPS) is 28.0. The molecule has 0 spiro atoms. The number of nitrogens with one attached hydrogen (secondary N) is 1. The summed E-state index contributed by atoms with van der Waals surface area (Å²) in [5, 5.41) is 18.6. The molecular formula is C10H11N4O4. The molecular weight excluding hydrogens is 240 g/mol. The highest BCUT2D eigenvalue weighted by Gasteiger charge is 2.35. The van der Waals surface area contributed by atoms with Crippen LogP contribution in [0.15, 0.2) is 17.4 Å². The molecule has 8 heteroatoms. The zero-order valence-electron chi connectivity index (χ0n) is 9.22. The van der Waals surface area contributed by atoms with Gasteiger partial charge in [-0.15, -0.1) is 0 Å². The van der Waals surface area contributed by atoms with Gasteiger partial charge in [-0.2, -0.15) is 0 Å². The van der Waals surface area contributed by atoms with Crippen LogP contribution in [0.4, 0.5) is 0 Å². The zero-order chi connectivity index (χ0) is 12.7. The summed E-state index contributed by atoms with van der Waals surface area (Å²) in [7, 11) is 0. The smallest absolute Gasteiger partial charge is 0.278 e. The van der Waals surface area contributed by atoms with E-state index in [4.69, 9.17) is 9.84 Å².